The second kappa shape index (κ2) is 9.38. The van der Waals surface area contributed by atoms with E-state index in [0.717, 1.165) is 77.2 Å². The summed E-state index contributed by atoms with van der Waals surface area (Å²) in [6, 6.07) is 47.3. The molecule has 0 N–H and O–H groups in total. The van der Waals surface area contributed by atoms with Gasteiger partial charge in [-0.3, -0.25) is 0 Å². The molecule has 3 aromatic heterocycles. The van der Waals surface area contributed by atoms with Gasteiger partial charge in [0.1, 0.15) is 11.2 Å². The lowest BCUT2D eigenvalue weighted by atomic mass is 10.0. The molecule has 0 spiro atoms. The van der Waals surface area contributed by atoms with Crippen molar-refractivity contribution in [3.05, 3.63) is 139 Å². The van der Waals surface area contributed by atoms with E-state index in [1.54, 1.807) is 0 Å². The lowest BCUT2D eigenvalue weighted by Gasteiger charge is -2.12. The average molecular weight is 563 g/mol. The first-order valence-corrected chi connectivity index (χ1v) is 14.5. The van der Waals surface area contributed by atoms with Gasteiger partial charge in [0.15, 0.2) is 5.82 Å². The van der Waals surface area contributed by atoms with Crippen LogP contribution in [0.3, 0.4) is 0 Å². The molecule has 0 aliphatic rings. The molecule has 0 amide bonds. The second-order valence-electron chi connectivity index (χ2n) is 11.0. The van der Waals surface area contributed by atoms with Gasteiger partial charge in [0, 0.05) is 43.7 Å². The molecule has 0 atom stereocenters. The maximum absolute atomic E-state index is 9.53. The fourth-order valence-electron chi connectivity index (χ4n) is 6.41. The molecule has 3 heterocycles. The van der Waals surface area contributed by atoms with Crippen molar-refractivity contribution < 1.29 is 4.42 Å². The molecule has 0 saturated heterocycles. The van der Waals surface area contributed by atoms with Gasteiger partial charge < -0.3 is 8.98 Å². The van der Waals surface area contributed by atoms with Crippen LogP contribution in [0.15, 0.2) is 138 Å². The van der Waals surface area contributed by atoms with Gasteiger partial charge in [-0.15, -0.1) is 0 Å². The molecule has 0 saturated carbocycles. The number of benzene rings is 6. The predicted octanol–water partition coefficient (Wildman–Crippen LogP) is 9.83. The molecular weight excluding hydrogens is 540 g/mol. The van der Waals surface area contributed by atoms with E-state index < -0.39 is 0 Å². The Morgan fingerprint density at radius 1 is 0.545 bits per heavy atom. The number of hydrogen-bond donors (Lipinski definition) is 0. The SMILES string of the molecule is N#Cc1cccc(-c2nc(-c3cccc(-n4c5ccccc5c5cc6oc7ccccc7c6cc54)c3)nc3ccccc23)c1. The molecule has 0 bridgehead atoms. The van der Waals surface area contributed by atoms with E-state index in [-0.39, 0.29) is 0 Å². The zero-order chi connectivity index (χ0) is 29.2. The smallest absolute Gasteiger partial charge is 0.160 e. The summed E-state index contributed by atoms with van der Waals surface area (Å²) in [5.41, 5.74) is 9.06. The highest BCUT2D eigenvalue weighted by molar-refractivity contribution is 6.17. The van der Waals surface area contributed by atoms with E-state index in [1.807, 2.05) is 60.7 Å². The molecular formula is C39H22N4O. The average Bonchev–Trinajstić information content (AvgIpc) is 3.61. The van der Waals surface area contributed by atoms with Gasteiger partial charge in [-0.05, 0) is 54.6 Å². The van der Waals surface area contributed by atoms with Gasteiger partial charge in [-0.1, -0.05) is 78.9 Å². The maximum Gasteiger partial charge on any atom is 0.160 e. The molecule has 9 aromatic rings. The van der Waals surface area contributed by atoms with Crippen LogP contribution >= 0.6 is 0 Å². The summed E-state index contributed by atoms with van der Waals surface area (Å²) < 4.78 is 8.57. The number of fused-ring (bicyclic) bond motifs is 7. The summed E-state index contributed by atoms with van der Waals surface area (Å²) in [6.45, 7) is 0. The van der Waals surface area contributed by atoms with E-state index >= 15 is 0 Å². The number of nitrogens with zero attached hydrogens (tertiary/aromatic N) is 4. The first-order chi connectivity index (χ1) is 21.7. The highest BCUT2D eigenvalue weighted by Gasteiger charge is 2.17. The Balaban J connectivity index is 1.28. The quantitative estimate of drug-likeness (QED) is 0.215. The summed E-state index contributed by atoms with van der Waals surface area (Å²) in [4.78, 5) is 10.1. The van der Waals surface area contributed by atoms with Crippen molar-refractivity contribution in [2.75, 3.05) is 0 Å². The van der Waals surface area contributed by atoms with Crippen molar-refractivity contribution in [3.8, 4) is 34.4 Å². The van der Waals surface area contributed by atoms with Crippen LogP contribution in [-0.2, 0) is 0 Å². The van der Waals surface area contributed by atoms with E-state index in [9.17, 15) is 5.26 Å². The first kappa shape index (κ1) is 24.4. The third kappa shape index (κ3) is 3.65. The van der Waals surface area contributed by atoms with Crippen LogP contribution in [0.5, 0.6) is 0 Å². The van der Waals surface area contributed by atoms with Crippen molar-refractivity contribution in [1.82, 2.24) is 14.5 Å². The highest BCUT2D eigenvalue weighted by atomic mass is 16.3. The molecule has 5 nitrogen and oxygen atoms in total. The summed E-state index contributed by atoms with van der Waals surface area (Å²) in [6.07, 6.45) is 0. The van der Waals surface area contributed by atoms with Crippen LogP contribution in [-0.4, -0.2) is 14.5 Å². The Kier molecular flexibility index (Phi) is 5.19. The Hall–Kier alpha value is -6.25. The van der Waals surface area contributed by atoms with E-state index in [4.69, 9.17) is 14.4 Å². The molecule has 0 unspecified atom stereocenters. The van der Waals surface area contributed by atoms with E-state index in [1.165, 1.54) is 0 Å². The summed E-state index contributed by atoms with van der Waals surface area (Å²) in [5, 5.41) is 15.0. The minimum Gasteiger partial charge on any atom is -0.456 e. The Morgan fingerprint density at radius 3 is 2.23 bits per heavy atom. The lowest BCUT2D eigenvalue weighted by molar-refractivity contribution is 0.669. The fourth-order valence-corrected chi connectivity index (χ4v) is 6.41. The van der Waals surface area contributed by atoms with Crippen LogP contribution in [0.4, 0.5) is 0 Å². The van der Waals surface area contributed by atoms with Gasteiger partial charge >= 0.3 is 0 Å². The first-order valence-electron chi connectivity index (χ1n) is 14.5. The summed E-state index contributed by atoms with van der Waals surface area (Å²) in [7, 11) is 0. The number of nitriles is 1. The molecule has 0 radical (unpaired) electrons. The van der Waals surface area contributed by atoms with E-state index in [2.05, 4.69) is 83.4 Å². The van der Waals surface area contributed by atoms with Crippen molar-refractivity contribution in [2.45, 2.75) is 0 Å². The van der Waals surface area contributed by atoms with Gasteiger partial charge in [0.05, 0.1) is 33.9 Å². The highest BCUT2D eigenvalue weighted by Crippen LogP contribution is 2.39. The Morgan fingerprint density at radius 2 is 1.32 bits per heavy atom. The predicted molar refractivity (Wildman–Crippen MR) is 177 cm³/mol. The second-order valence-corrected chi connectivity index (χ2v) is 11.0. The minimum atomic E-state index is 0.597. The molecule has 44 heavy (non-hydrogen) atoms. The monoisotopic (exact) mass is 562 g/mol. The molecule has 0 aliphatic carbocycles. The largest absolute Gasteiger partial charge is 0.456 e. The third-order valence-electron chi connectivity index (χ3n) is 8.40. The normalized spacial score (nSPS) is 11.6. The van der Waals surface area contributed by atoms with Crippen LogP contribution in [0.1, 0.15) is 5.56 Å². The van der Waals surface area contributed by atoms with Crippen LogP contribution in [0.25, 0.3) is 83.0 Å². The number of furan rings is 1. The van der Waals surface area contributed by atoms with Crippen molar-refractivity contribution in [2.24, 2.45) is 0 Å². The van der Waals surface area contributed by atoms with Gasteiger partial charge in [-0.25, -0.2) is 9.97 Å². The van der Waals surface area contributed by atoms with Crippen molar-refractivity contribution in [1.29, 1.82) is 5.26 Å². The number of aromatic nitrogens is 3. The number of rotatable bonds is 3. The molecule has 204 valence electrons. The summed E-state index contributed by atoms with van der Waals surface area (Å²) in [5.74, 6) is 0.631. The Labute approximate surface area is 251 Å². The molecule has 0 fully saturated rings. The molecule has 5 heteroatoms. The zero-order valence-corrected chi connectivity index (χ0v) is 23.4. The van der Waals surface area contributed by atoms with E-state index in [0.29, 0.717) is 11.4 Å². The third-order valence-corrected chi connectivity index (χ3v) is 8.40. The topological polar surface area (TPSA) is 67.6 Å². The molecule has 0 aliphatic heterocycles. The van der Waals surface area contributed by atoms with Crippen LogP contribution in [0, 0.1) is 11.3 Å². The molecule has 9 rings (SSSR count). The maximum atomic E-state index is 9.53. The van der Waals surface area contributed by atoms with Gasteiger partial charge in [-0.2, -0.15) is 5.26 Å². The van der Waals surface area contributed by atoms with Crippen LogP contribution in [0.2, 0.25) is 0 Å². The molecule has 6 aromatic carbocycles. The fraction of sp³-hybridized carbons (Fsp3) is 0. The standard InChI is InChI=1S/C39H22N4O/c40-23-24-9-7-10-25(19-24)38-30-15-1-4-16-33(30)41-39(42-38)26-11-8-12-27(20-26)43-34-17-5-2-13-28(34)31-22-37-32(21-35(31)43)29-14-3-6-18-36(29)44-37/h1-22H. The van der Waals surface area contributed by atoms with Crippen LogP contribution < -0.4 is 0 Å². The lowest BCUT2D eigenvalue weighted by Crippen LogP contribution is -1.98. The summed E-state index contributed by atoms with van der Waals surface area (Å²) >= 11 is 0. The Bertz CT molecular complexity index is 2640. The van der Waals surface area contributed by atoms with Crippen molar-refractivity contribution in [3.63, 3.8) is 0 Å². The number of hydrogen-bond acceptors (Lipinski definition) is 4. The van der Waals surface area contributed by atoms with Crippen molar-refractivity contribution >= 4 is 54.6 Å². The van der Waals surface area contributed by atoms with Gasteiger partial charge in [0.2, 0.25) is 0 Å². The number of para-hydroxylation sites is 3. The van der Waals surface area contributed by atoms with Gasteiger partial charge in [0.25, 0.3) is 0 Å². The zero-order valence-electron chi connectivity index (χ0n) is 23.4. The minimum absolute atomic E-state index is 0.597.